The van der Waals surface area contributed by atoms with E-state index >= 15 is 0 Å². The van der Waals surface area contributed by atoms with Crippen LogP contribution in [0, 0.1) is 6.92 Å². The number of carbonyl (C=O) groups is 1. The molecule has 0 aliphatic carbocycles. The monoisotopic (exact) mass is 464 g/mol. The average molecular weight is 464 g/mol. The molecule has 0 saturated heterocycles. The maximum Gasteiger partial charge on any atom is 0.296 e. The third kappa shape index (κ3) is 3.24. The Morgan fingerprint density at radius 2 is 1.86 bits per heavy atom. The molecule has 1 aliphatic heterocycles. The van der Waals surface area contributed by atoms with Gasteiger partial charge in [0.2, 0.25) is 5.76 Å². The minimum absolute atomic E-state index is 0.0106. The van der Waals surface area contributed by atoms with E-state index in [9.17, 15) is 9.59 Å². The predicted molar refractivity (Wildman–Crippen MR) is 132 cm³/mol. The molecule has 35 heavy (non-hydrogen) atoms. The second kappa shape index (κ2) is 7.99. The van der Waals surface area contributed by atoms with Crippen molar-refractivity contribution in [3.8, 4) is 5.75 Å². The molecule has 0 unspecified atom stereocenters. The lowest BCUT2D eigenvalue weighted by Crippen LogP contribution is -2.29. The van der Waals surface area contributed by atoms with Gasteiger partial charge in [-0.05, 0) is 36.1 Å². The molecule has 1 amide bonds. The van der Waals surface area contributed by atoms with Crippen LogP contribution in [0.1, 0.15) is 33.5 Å². The SMILES string of the molecule is C=CCOc1ccc([C@H]2c3c(oc4c(ccc5ccccc54)c3=O)C(=O)N2c2cc(C)on2)cc1. The maximum absolute atomic E-state index is 13.9. The first-order valence-corrected chi connectivity index (χ1v) is 11.2. The Morgan fingerprint density at radius 3 is 2.60 bits per heavy atom. The van der Waals surface area contributed by atoms with Crippen LogP contribution in [-0.2, 0) is 0 Å². The molecule has 7 heteroatoms. The standard InChI is InChI=1S/C28H20N2O5/c1-3-14-33-19-11-8-18(9-12-19)24-23-25(31)21-13-10-17-6-4-5-7-20(17)26(21)34-27(23)28(32)30(24)22-15-16(2)35-29-22/h3-13,15,24H,1,14H2,2H3/t24-/m0/s1. The minimum atomic E-state index is -0.734. The zero-order chi connectivity index (χ0) is 24.1. The van der Waals surface area contributed by atoms with Gasteiger partial charge in [-0.2, -0.15) is 0 Å². The molecule has 6 rings (SSSR count). The summed E-state index contributed by atoms with van der Waals surface area (Å²) in [5, 5.41) is 6.18. The Kier molecular flexibility index (Phi) is 4.77. The fraction of sp³-hybridized carbons (Fsp3) is 0.107. The highest BCUT2D eigenvalue weighted by Gasteiger charge is 2.45. The minimum Gasteiger partial charge on any atom is -0.490 e. The molecule has 0 saturated carbocycles. The fourth-order valence-electron chi connectivity index (χ4n) is 4.62. The summed E-state index contributed by atoms with van der Waals surface area (Å²) in [5.74, 6) is 1.07. The molecular weight excluding hydrogens is 444 g/mol. The van der Waals surface area contributed by atoms with E-state index in [-0.39, 0.29) is 16.8 Å². The number of aryl methyl sites for hydroxylation is 1. The van der Waals surface area contributed by atoms with Crippen molar-refractivity contribution in [2.24, 2.45) is 0 Å². The second-order valence-electron chi connectivity index (χ2n) is 8.38. The van der Waals surface area contributed by atoms with E-state index in [1.165, 1.54) is 4.90 Å². The van der Waals surface area contributed by atoms with Gasteiger partial charge < -0.3 is 13.7 Å². The molecule has 0 bridgehead atoms. The van der Waals surface area contributed by atoms with Gasteiger partial charge in [0.1, 0.15) is 23.7 Å². The number of rotatable bonds is 5. The van der Waals surface area contributed by atoms with Crippen LogP contribution in [0.5, 0.6) is 5.75 Å². The summed E-state index contributed by atoms with van der Waals surface area (Å²) >= 11 is 0. The van der Waals surface area contributed by atoms with Crippen molar-refractivity contribution in [3.05, 3.63) is 112 Å². The first-order chi connectivity index (χ1) is 17.1. The molecule has 7 nitrogen and oxygen atoms in total. The zero-order valence-electron chi connectivity index (χ0n) is 18.9. The van der Waals surface area contributed by atoms with Gasteiger partial charge in [0.25, 0.3) is 5.91 Å². The Bertz CT molecular complexity index is 1680. The number of benzene rings is 3. The summed E-state index contributed by atoms with van der Waals surface area (Å²) in [6.07, 6.45) is 1.66. The summed E-state index contributed by atoms with van der Waals surface area (Å²) < 4.78 is 17.1. The highest BCUT2D eigenvalue weighted by Crippen LogP contribution is 2.42. The van der Waals surface area contributed by atoms with Gasteiger partial charge in [0.15, 0.2) is 11.2 Å². The summed E-state index contributed by atoms with van der Waals surface area (Å²) in [4.78, 5) is 29.0. The number of hydrogen-bond acceptors (Lipinski definition) is 6. The Balaban J connectivity index is 1.60. The van der Waals surface area contributed by atoms with Gasteiger partial charge in [0.05, 0.1) is 17.0 Å². The quantitative estimate of drug-likeness (QED) is 0.250. The summed E-state index contributed by atoms with van der Waals surface area (Å²) in [7, 11) is 0. The Labute approximate surface area is 199 Å². The highest BCUT2D eigenvalue weighted by atomic mass is 16.5. The van der Waals surface area contributed by atoms with E-state index in [1.54, 1.807) is 37.3 Å². The Morgan fingerprint density at radius 1 is 1.06 bits per heavy atom. The van der Waals surface area contributed by atoms with Gasteiger partial charge >= 0.3 is 0 Å². The average Bonchev–Trinajstić information content (AvgIpc) is 3.43. The van der Waals surface area contributed by atoms with Crippen LogP contribution in [0.3, 0.4) is 0 Å². The molecule has 0 fully saturated rings. The molecular formula is C28H20N2O5. The molecule has 2 aromatic heterocycles. The first-order valence-electron chi connectivity index (χ1n) is 11.2. The summed E-state index contributed by atoms with van der Waals surface area (Å²) in [6.45, 7) is 5.78. The van der Waals surface area contributed by atoms with Crippen LogP contribution in [0.2, 0.25) is 0 Å². The molecule has 0 spiro atoms. The molecule has 3 heterocycles. The maximum atomic E-state index is 13.9. The van der Waals surface area contributed by atoms with Crippen molar-refractivity contribution in [3.63, 3.8) is 0 Å². The number of amides is 1. The molecule has 1 atom stereocenters. The number of fused-ring (bicyclic) bond motifs is 4. The van der Waals surface area contributed by atoms with E-state index in [0.29, 0.717) is 34.9 Å². The highest BCUT2D eigenvalue weighted by molar-refractivity contribution is 6.12. The number of hydrogen-bond donors (Lipinski definition) is 0. The number of carbonyl (C=O) groups excluding carboxylic acids is 1. The van der Waals surface area contributed by atoms with Gasteiger partial charge in [-0.15, -0.1) is 0 Å². The van der Waals surface area contributed by atoms with Crippen LogP contribution in [0.4, 0.5) is 5.82 Å². The van der Waals surface area contributed by atoms with Gasteiger partial charge in [-0.3, -0.25) is 14.5 Å². The molecule has 5 aromatic rings. The summed E-state index contributed by atoms with van der Waals surface area (Å²) in [5.41, 5.74) is 1.14. The van der Waals surface area contributed by atoms with Crippen molar-refractivity contribution >= 4 is 33.5 Å². The number of nitrogens with zero attached hydrogens (tertiary/aromatic N) is 2. The van der Waals surface area contributed by atoms with E-state index < -0.39 is 11.9 Å². The van der Waals surface area contributed by atoms with E-state index in [0.717, 1.165) is 16.3 Å². The smallest absolute Gasteiger partial charge is 0.296 e. The third-order valence-corrected chi connectivity index (χ3v) is 6.19. The predicted octanol–water partition coefficient (Wildman–Crippen LogP) is 5.56. The molecule has 1 aliphatic rings. The van der Waals surface area contributed by atoms with Crippen LogP contribution in [0.25, 0.3) is 21.7 Å². The lowest BCUT2D eigenvalue weighted by Gasteiger charge is -2.22. The third-order valence-electron chi connectivity index (χ3n) is 6.19. The van der Waals surface area contributed by atoms with Crippen LogP contribution < -0.4 is 15.1 Å². The normalized spacial score (nSPS) is 15.1. The lowest BCUT2D eigenvalue weighted by molar-refractivity contribution is 0.0969. The van der Waals surface area contributed by atoms with Crippen LogP contribution >= 0.6 is 0 Å². The zero-order valence-corrected chi connectivity index (χ0v) is 18.9. The first kappa shape index (κ1) is 20.9. The largest absolute Gasteiger partial charge is 0.490 e. The van der Waals surface area contributed by atoms with Crippen molar-refractivity contribution in [2.75, 3.05) is 11.5 Å². The number of aromatic nitrogens is 1. The van der Waals surface area contributed by atoms with Gasteiger partial charge in [-0.25, -0.2) is 0 Å². The van der Waals surface area contributed by atoms with E-state index in [2.05, 4.69) is 11.7 Å². The topological polar surface area (TPSA) is 85.8 Å². The summed E-state index contributed by atoms with van der Waals surface area (Å²) in [6, 6.07) is 19.4. The molecule has 0 N–H and O–H groups in total. The Hall–Kier alpha value is -4.65. The lowest BCUT2D eigenvalue weighted by atomic mass is 9.97. The van der Waals surface area contributed by atoms with Crippen LogP contribution in [0.15, 0.2) is 93.1 Å². The molecule has 3 aromatic carbocycles. The van der Waals surface area contributed by atoms with Gasteiger partial charge in [0, 0.05) is 11.5 Å². The van der Waals surface area contributed by atoms with E-state index in [1.807, 2.05) is 42.5 Å². The number of ether oxygens (including phenoxy) is 1. The van der Waals surface area contributed by atoms with E-state index in [4.69, 9.17) is 13.7 Å². The van der Waals surface area contributed by atoms with Crippen molar-refractivity contribution in [1.82, 2.24) is 5.16 Å². The molecule has 172 valence electrons. The van der Waals surface area contributed by atoms with Crippen molar-refractivity contribution < 1.29 is 18.5 Å². The second-order valence-corrected chi connectivity index (χ2v) is 8.38. The van der Waals surface area contributed by atoms with Crippen molar-refractivity contribution in [2.45, 2.75) is 13.0 Å². The molecule has 0 radical (unpaired) electrons. The fourth-order valence-corrected chi connectivity index (χ4v) is 4.62. The van der Waals surface area contributed by atoms with Gasteiger partial charge in [-0.1, -0.05) is 60.3 Å². The van der Waals surface area contributed by atoms with Crippen molar-refractivity contribution in [1.29, 1.82) is 0 Å². The number of anilines is 1. The van der Waals surface area contributed by atoms with Crippen LogP contribution in [-0.4, -0.2) is 17.7 Å².